The second-order valence-electron chi connectivity index (χ2n) is 4.32. The Hall–Kier alpha value is -0.460. The third-order valence-corrected chi connectivity index (χ3v) is 3.10. The maximum atomic E-state index is 2.57. The van der Waals surface area contributed by atoms with Crippen molar-refractivity contribution < 1.29 is 0 Å². The molecule has 1 aliphatic rings. The number of unbranched alkanes of at least 4 members (excludes halogenated alkanes) is 1. The van der Waals surface area contributed by atoms with E-state index in [1.54, 1.807) is 0 Å². The Morgan fingerprint density at radius 2 is 2.14 bits per heavy atom. The molecular weight excluding hydrogens is 170 g/mol. The van der Waals surface area contributed by atoms with E-state index in [9.17, 15) is 0 Å². The van der Waals surface area contributed by atoms with Gasteiger partial charge < -0.3 is 4.90 Å². The van der Waals surface area contributed by atoms with Crippen molar-refractivity contribution in [1.29, 1.82) is 0 Å². The van der Waals surface area contributed by atoms with Gasteiger partial charge >= 0.3 is 0 Å². The van der Waals surface area contributed by atoms with Crippen LogP contribution < -0.4 is 0 Å². The van der Waals surface area contributed by atoms with Crippen LogP contribution in [0.4, 0.5) is 0 Å². The molecule has 0 bridgehead atoms. The monoisotopic (exact) mass is 195 g/mol. The Balaban J connectivity index is 2.37. The molecule has 0 radical (unpaired) electrons. The Morgan fingerprint density at radius 3 is 2.86 bits per heavy atom. The van der Waals surface area contributed by atoms with Crippen molar-refractivity contribution in [3.8, 4) is 0 Å². The van der Waals surface area contributed by atoms with Crippen LogP contribution in [0, 0.1) is 0 Å². The smallest absolute Gasteiger partial charge is 0.0284 e. The number of nitrogens with zero attached hydrogens (tertiary/aromatic N) is 1. The van der Waals surface area contributed by atoms with Crippen LogP contribution in [0.1, 0.15) is 58.8 Å². The molecule has 0 aromatic rings. The van der Waals surface area contributed by atoms with Crippen molar-refractivity contribution in [3.63, 3.8) is 0 Å². The second-order valence-corrected chi connectivity index (χ2v) is 4.32. The maximum Gasteiger partial charge on any atom is 0.0284 e. The van der Waals surface area contributed by atoms with E-state index >= 15 is 0 Å². The summed E-state index contributed by atoms with van der Waals surface area (Å²) in [7, 11) is 0. The zero-order valence-electron chi connectivity index (χ0n) is 9.84. The van der Waals surface area contributed by atoms with Crippen LogP contribution in [-0.2, 0) is 0 Å². The van der Waals surface area contributed by atoms with Crippen LogP contribution in [0.15, 0.2) is 12.3 Å². The van der Waals surface area contributed by atoms with Crippen LogP contribution in [0.25, 0.3) is 0 Å². The summed E-state index contributed by atoms with van der Waals surface area (Å²) in [6, 6.07) is 0.839. The second kappa shape index (κ2) is 6.92. The molecule has 0 saturated carbocycles. The number of piperidine rings is 1. The van der Waals surface area contributed by atoms with Gasteiger partial charge in [0, 0.05) is 12.6 Å². The largest absolute Gasteiger partial charge is 0.375 e. The number of hydrogen-bond donors (Lipinski definition) is 0. The van der Waals surface area contributed by atoms with E-state index in [4.69, 9.17) is 0 Å². The van der Waals surface area contributed by atoms with Crippen molar-refractivity contribution in [2.75, 3.05) is 6.54 Å². The van der Waals surface area contributed by atoms with E-state index in [1.807, 2.05) is 0 Å². The summed E-state index contributed by atoms with van der Waals surface area (Å²) < 4.78 is 0. The molecule has 0 N–H and O–H groups in total. The van der Waals surface area contributed by atoms with Crippen molar-refractivity contribution in [1.82, 2.24) is 4.90 Å². The third-order valence-electron chi connectivity index (χ3n) is 3.10. The van der Waals surface area contributed by atoms with Crippen LogP contribution in [0.5, 0.6) is 0 Å². The first-order valence-corrected chi connectivity index (χ1v) is 6.30. The summed E-state index contributed by atoms with van der Waals surface area (Å²) in [6.07, 6.45) is 14.1. The van der Waals surface area contributed by atoms with Gasteiger partial charge in [-0.2, -0.15) is 0 Å². The van der Waals surface area contributed by atoms with Gasteiger partial charge in [0.05, 0.1) is 0 Å². The molecular formula is C13H25N. The molecule has 1 unspecified atom stereocenters. The summed E-state index contributed by atoms with van der Waals surface area (Å²) in [5.74, 6) is 0. The summed E-state index contributed by atoms with van der Waals surface area (Å²) in [6.45, 7) is 5.78. The molecule has 82 valence electrons. The van der Waals surface area contributed by atoms with E-state index in [2.05, 4.69) is 31.0 Å². The molecule has 0 amide bonds. The van der Waals surface area contributed by atoms with E-state index in [1.165, 1.54) is 45.1 Å². The quantitative estimate of drug-likeness (QED) is 0.642. The minimum absolute atomic E-state index is 0.839. The third kappa shape index (κ3) is 3.73. The van der Waals surface area contributed by atoms with Crippen molar-refractivity contribution >= 4 is 0 Å². The Morgan fingerprint density at radius 1 is 1.29 bits per heavy atom. The topological polar surface area (TPSA) is 3.24 Å². The minimum atomic E-state index is 0.839. The number of likely N-dealkylation sites (tertiary alicyclic amines) is 1. The summed E-state index contributed by atoms with van der Waals surface area (Å²) in [5, 5.41) is 0. The predicted octanol–water partition coefficient (Wildman–Crippen LogP) is 3.95. The molecule has 0 aromatic carbocycles. The van der Waals surface area contributed by atoms with E-state index in [0.29, 0.717) is 0 Å². The van der Waals surface area contributed by atoms with Crippen molar-refractivity contribution in [2.24, 2.45) is 0 Å². The average molecular weight is 195 g/mol. The molecule has 1 saturated heterocycles. The standard InChI is InChI=1S/C13H25N/c1-3-5-9-13-10-7-8-12-14(13)11-6-4-2/h6,11,13H,3-5,7-10,12H2,1-2H3. The van der Waals surface area contributed by atoms with Crippen LogP contribution in [-0.4, -0.2) is 17.5 Å². The molecule has 0 spiro atoms. The Kier molecular flexibility index (Phi) is 5.74. The molecule has 0 aromatic heterocycles. The van der Waals surface area contributed by atoms with Crippen molar-refractivity contribution in [3.05, 3.63) is 12.3 Å². The number of hydrogen-bond acceptors (Lipinski definition) is 1. The molecule has 1 heterocycles. The van der Waals surface area contributed by atoms with Gasteiger partial charge in [-0.1, -0.05) is 32.8 Å². The minimum Gasteiger partial charge on any atom is -0.375 e. The highest BCUT2D eigenvalue weighted by atomic mass is 15.1. The van der Waals surface area contributed by atoms with Gasteiger partial charge in [0.15, 0.2) is 0 Å². The lowest BCUT2D eigenvalue weighted by atomic mass is 9.98. The zero-order chi connectivity index (χ0) is 10.2. The highest BCUT2D eigenvalue weighted by Gasteiger charge is 2.18. The Labute approximate surface area is 89.2 Å². The number of allylic oxidation sites excluding steroid dienone is 1. The average Bonchev–Trinajstić information content (AvgIpc) is 2.24. The van der Waals surface area contributed by atoms with E-state index in [0.717, 1.165) is 12.5 Å². The van der Waals surface area contributed by atoms with E-state index < -0.39 is 0 Å². The lowest BCUT2D eigenvalue weighted by molar-refractivity contribution is 0.199. The molecule has 1 atom stereocenters. The number of rotatable bonds is 5. The van der Waals surface area contributed by atoms with Crippen LogP contribution in [0.3, 0.4) is 0 Å². The summed E-state index contributed by atoms with van der Waals surface area (Å²) >= 11 is 0. The first-order valence-electron chi connectivity index (χ1n) is 6.30. The fourth-order valence-corrected chi connectivity index (χ4v) is 2.21. The molecule has 1 rings (SSSR count). The molecule has 1 nitrogen and oxygen atoms in total. The van der Waals surface area contributed by atoms with Gasteiger partial charge in [0.25, 0.3) is 0 Å². The highest BCUT2D eigenvalue weighted by molar-refractivity contribution is 4.88. The predicted molar refractivity (Wildman–Crippen MR) is 63.3 cm³/mol. The van der Waals surface area contributed by atoms with Crippen LogP contribution in [0.2, 0.25) is 0 Å². The maximum absolute atomic E-state index is 2.57. The SMILES string of the molecule is CCC=CN1CCCCC1CCCC. The highest BCUT2D eigenvalue weighted by Crippen LogP contribution is 2.21. The fourth-order valence-electron chi connectivity index (χ4n) is 2.21. The van der Waals surface area contributed by atoms with Gasteiger partial charge in [-0.3, -0.25) is 0 Å². The normalized spacial score (nSPS) is 23.3. The summed E-state index contributed by atoms with van der Waals surface area (Å²) in [4.78, 5) is 2.57. The molecule has 1 fully saturated rings. The van der Waals surface area contributed by atoms with Gasteiger partial charge in [-0.15, -0.1) is 0 Å². The Bertz CT molecular complexity index is 163. The summed E-state index contributed by atoms with van der Waals surface area (Å²) in [5.41, 5.74) is 0. The van der Waals surface area contributed by atoms with Gasteiger partial charge in [-0.05, 0) is 38.3 Å². The van der Waals surface area contributed by atoms with Gasteiger partial charge in [-0.25, -0.2) is 0 Å². The van der Waals surface area contributed by atoms with Crippen molar-refractivity contribution in [2.45, 2.75) is 64.8 Å². The first kappa shape index (κ1) is 11.6. The fraction of sp³-hybridized carbons (Fsp3) is 0.846. The lowest BCUT2D eigenvalue weighted by Crippen LogP contribution is -2.35. The van der Waals surface area contributed by atoms with E-state index in [-0.39, 0.29) is 0 Å². The molecule has 1 aliphatic heterocycles. The van der Waals surface area contributed by atoms with Gasteiger partial charge in [0.2, 0.25) is 0 Å². The molecule has 14 heavy (non-hydrogen) atoms. The lowest BCUT2D eigenvalue weighted by Gasteiger charge is -2.35. The zero-order valence-corrected chi connectivity index (χ0v) is 9.84. The first-order chi connectivity index (χ1) is 6.88. The van der Waals surface area contributed by atoms with Gasteiger partial charge in [0.1, 0.15) is 0 Å². The molecule has 1 heteroatoms. The van der Waals surface area contributed by atoms with Crippen LogP contribution >= 0.6 is 0 Å². The molecule has 0 aliphatic carbocycles.